The molecule has 0 unspecified atom stereocenters. The van der Waals surface area contributed by atoms with Crippen LogP contribution in [0.1, 0.15) is 33.3 Å². The lowest BCUT2D eigenvalue weighted by Crippen LogP contribution is -2.37. The van der Waals surface area contributed by atoms with Gasteiger partial charge in [-0.15, -0.1) is 0 Å². The number of nitrogens with one attached hydrogen (secondary N) is 2. The van der Waals surface area contributed by atoms with Crippen LogP contribution in [0.3, 0.4) is 0 Å². The number of hydrogen-bond donors (Lipinski definition) is 2. The van der Waals surface area contributed by atoms with Crippen LogP contribution in [0.15, 0.2) is 65.3 Å². The van der Waals surface area contributed by atoms with Gasteiger partial charge in [0.1, 0.15) is 11.6 Å². The molecule has 3 aromatic rings. The fourth-order valence-corrected chi connectivity index (χ4v) is 2.78. The molecule has 1 heterocycles. The van der Waals surface area contributed by atoms with E-state index in [1.165, 1.54) is 24.5 Å². The molecule has 6 heteroatoms. The molecule has 2 amide bonds. The Morgan fingerprint density at radius 1 is 0.963 bits per heavy atom. The molecule has 3 rings (SSSR count). The highest BCUT2D eigenvalue weighted by Crippen LogP contribution is 2.23. The van der Waals surface area contributed by atoms with Crippen LogP contribution >= 0.6 is 0 Å². The minimum Gasteiger partial charge on any atom is -0.467 e. The van der Waals surface area contributed by atoms with E-state index >= 15 is 0 Å². The average Bonchev–Trinajstić information content (AvgIpc) is 3.17. The second kappa shape index (κ2) is 7.86. The fraction of sp³-hybridized carbons (Fsp3) is 0.143. The Balaban J connectivity index is 1.87. The highest BCUT2D eigenvalue weighted by Gasteiger charge is 2.27. The number of furan rings is 1. The molecule has 1 atom stereocenters. The van der Waals surface area contributed by atoms with Crippen LogP contribution in [-0.4, -0.2) is 11.8 Å². The molecule has 0 saturated carbocycles. The Kier molecular flexibility index (Phi) is 5.35. The first-order valence-electron chi connectivity index (χ1n) is 8.43. The molecule has 0 fully saturated rings. The van der Waals surface area contributed by atoms with Crippen LogP contribution < -0.4 is 10.6 Å². The summed E-state index contributed by atoms with van der Waals surface area (Å²) in [5, 5.41) is 5.38. The van der Waals surface area contributed by atoms with Crippen molar-refractivity contribution in [1.82, 2.24) is 5.32 Å². The van der Waals surface area contributed by atoms with Gasteiger partial charge in [-0.05, 0) is 49.2 Å². The van der Waals surface area contributed by atoms with Gasteiger partial charge in [-0.1, -0.05) is 30.3 Å². The Morgan fingerprint density at radius 2 is 1.67 bits per heavy atom. The Morgan fingerprint density at radius 3 is 2.30 bits per heavy atom. The second-order valence-electron chi connectivity index (χ2n) is 6.16. The van der Waals surface area contributed by atoms with E-state index in [9.17, 15) is 14.0 Å². The number of benzene rings is 2. The monoisotopic (exact) mass is 366 g/mol. The Bertz CT molecular complexity index is 947. The highest BCUT2D eigenvalue weighted by molar-refractivity contribution is 6.02. The van der Waals surface area contributed by atoms with E-state index in [-0.39, 0.29) is 11.3 Å². The van der Waals surface area contributed by atoms with Crippen molar-refractivity contribution in [3.63, 3.8) is 0 Å². The number of hydrogen-bond acceptors (Lipinski definition) is 3. The van der Waals surface area contributed by atoms with E-state index in [1.54, 1.807) is 18.2 Å². The molecule has 27 heavy (non-hydrogen) atoms. The lowest BCUT2D eigenvalue weighted by Gasteiger charge is -2.18. The van der Waals surface area contributed by atoms with Crippen molar-refractivity contribution in [2.75, 3.05) is 5.32 Å². The standard InChI is InChI=1S/C21H19FN2O3/c1-13-7-5-8-14(2)18(13)23-21(26)19(17-11-6-12-27-17)24-20(25)15-9-3-4-10-16(15)22/h3-12,19H,1-2H3,(H,23,26)(H,24,25)/t19-/m0/s1. The summed E-state index contributed by atoms with van der Waals surface area (Å²) in [6.45, 7) is 3.75. The summed E-state index contributed by atoms with van der Waals surface area (Å²) in [4.78, 5) is 25.4. The number of para-hydroxylation sites is 1. The molecular formula is C21H19FN2O3. The Labute approximate surface area is 156 Å². The van der Waals surface area contributed by atoms with E-state index in [0.29, 0.717) is 5.69 Å². The summed E-state index contributed by atoms with van der Waals surface area (Å²) in [7, 11) is 0. The Hall–Kier alpha value is -3.41. The largest absolute Gasteiger partial charge is 0.467 e. The van der Waals surface area contributed by atoms with Gasteiger partial charge in [-0.2, -0.15) is 0 Å². The van der Waals surface area contributed by atoms with Crippen LogP contribution in [0.2, 0.25) is 0 Å². The van der Waals surface area contributed by atoms with Crippen LogP contribution in [0.25, 0.3) is 0 Å². The van der Waals surface area contributed by atoms with Crippen LogP contribution in [0.4, 0.5) is 10.1 Å². The molecule has 5 nitrogen and oxygen atoms in total. The normalized spacial score (nSPS) is 11.7. The first-order chi connectivity index (χ1) is 13.0. The SMILES string of the molecule is Cc1cccc(C)c1NC(=O)[C@@H](NC(=O)c1ccccc1F)c1ccco1. The molecule has 0 aliphatic heterocycles. The van der Waals surface area contributed by atoms with E-state index in [0.717, 1.165) is 11.1 Å². The van der Waals surface area contributed by atoms with Crippen molar-refractivity contribution in [3.05, 3.63) is 89.1 Å². The van der Waals surface area contributed by atoms with Gasteiger partial charge < -0.3 is 15.1 Å². The zero-order chi connectivity index (χ0) is 19.4. The predicted molar refractivity (Wildman–Crippen MR) is 99.9 cm³/mol. The maximum Gasteiger partial charge on any atom is 0.255 e. The maximum atomic E-state index is 13.9. The van der Waals surface area contributed by atoms with Crippen molar-refractivity contribution in [2.45, 2.75) is 19.9 Å². The maximum absolute atomic E-state index is 13.9. The number of aryl methyl sites for hydroxylation is 2. The summed E-state index contributed by atoms with van der Waals surface area (Å²) in [5.41, 5.74) is 2.30. The third-order valence-electron chi connectivity index (χ3n) is 4.21. The minimum absolute atomic E-state index is 0.145. The molecule has 1 aromatic heterocycles. The number of amides is 2. The summed E-state index contributed by atoms with van der Waals surface area (Å²) < 4.78 is 19.2. The number of rotatable bonds is 5. The van der Waals surface area contributed by atoms with Crippen molar-refractivity contribution < 1.29 is 18.4 Å². The number of anilines is 1. The molecule has 138 valence electrons. The zero-order valence-electron chi connectivity index (χ0n) is 15.0. The van der Waals surface area contributed by atoms with Crippen molar-refractivity contribution in [2.24, 2.45) is 0 Å². The van der Waals surface area contributed by atoms with Gasteiger partial charge in [-0.3, -0.25) is 9.59 Å². The van der Waals surface area contributed by atoms with Crippen LogP contribution in [-0.2, 0) is 4.79 Å². The van der Waals surface area contributed by atoms with Gasteiger partial charge in [0, 0.05) is 5.69 Å². The van der Waals surface area contributed by atoms with Gasteiger partial charge in [-0.25, -0.2) is 4.39 Å². The summed E-state index contributed by atoms with van der Waals surface area (Å²) >= 11 is 0. The van der Waals surface area contributed by atoms with Gasteiger partial charge in [0.25, 0.3) is 11.8 Å². The third-order valence-corrected chi connectivity index (χ3v) is 4.21. The minimum atomic E-state index is -1.11. The molecule has 0 aliphatic rings. The van der Waals surface area contributed by atoms with E-state index in [1.807, 2.05) is 32.0 Å². The molecule has 0 radical (unpaired) electrons. The van der Waals surface area contributed by atoms with E-state index < -0.39 is 23.7 Å². The highest BCUT2D eigenvalue weighted by atomic mass is 19.1. The first-order valence-corrected chi connectivity index (χ1v) is 8.43. The van der Waals surface area contributed by atoms with Crippen LogP contribution in [0.5, 0.6) is 0 Å². The predicted octanol–water partition coefficient (Wildman–Crippen LogP) is 4.15. The van der Waals surface area contributed by atoms with E-state index in [4.69, 9.17) is 4.42 Å². The molecule has 0 aliphatic carbocycles. The second-order valence-corrected chi connectivity index (χ2v) is 6.16. The van der Waals surface area contributed by atoms with Crippen LogP contribution in [0, 0.1) is 19.7 Å². The first kappa shape index (κ1) is 18.4. The average molecular weight is 366 g/mol. The number of carbonyl (C=O) groups excluding carboxylic acids is 2. The summed E-state index contributed by atoms with van der Waals surface area (Å²) in [5.74, 6) is -1.59. The van der Waals surface area contributed by atoms with E-state index in [2.05, 4.69) is 10.6 Å². The van der Waals surface area contributed by atoms with Crippen molar-refractivity contribution >= 4 is 17.5 Å². The smallest absolute Gasteiger partial charge is 0.255 e. The molecule has 2 N–H and O–H groups in total. The van der Waals surface area contributed by atoms with Crippen molar-refractivity contribution in [1.29, 1.82) is 0 Å². The third kappa shape index (κ3) is 4.06. The van der Waals surface area contributed by atoms with Gasteiger partial charge in [0.05, 0.1) is 11.8 Å². The summed E-state index contributed by atoms with van der Waals surface area (Å²) in [6, 6.07) is 13.3. The van der Waals surface area contributed by atoms with Gasteiger partial charge in [0.2, 0.25) is 0 Å². The molecule has 0 saturated heterocycles. The summed E-state index contributed by atoms with van der Waals surface area (Å²) in [6.07, 6.45) is 1.41. The molecule has 2 aromatic carbocycles. The molecule has 0 spiro atoms. The molecular weight excluding hydrogens is 347 g/mol. The zero-order valence-corrected chi connectivity index (χ0v) is 15.0. The topological polar surface area (TPSA) is 71.3 Å². The molecule has 0 bridgehead atoms. The van der Waals surface area contributed by atoms with Gasteiger partial charge in [0.15, 0.2) is 6.04 Å². The number of halogens is 1. The lowest BCUT2D eigenvalue weighted by molar-refractivity contribution is -0.118. The number of carbonyl (C=O) groups is 2. The lowest BCUT2D eigenvalue weighted by atomic mass is 10.1. The van der Waals surface area contributed by atoms with Gasteiger partial charge >= 0.3 is 0 Å². The quantitative estimate of drug-likeness (QED) is 0.713. The fourth-order valence-electron chi connectivity index (χ4n) is 2.78. The van der Waals surface area contributed by atoms with Crippen molar-refractivity contribution in [3.8, 4) is 0 Å².